The Morgan fingerprint density at radius 2 is 2.14 bits per heavy atom. The van der Waals surface area contributed by atoms with Crippen molar-refractivity contribution in [1.82, 2.24) is 4.90 Å². The van der Waals surface area contributed by atoms with Crippen molar-refractivity contribution in [3.8, 4) is 5.75 Å². The average molecular weight is 287 g/mol. The van der Waals surface area contributed by atoms with Gasteiger partial charge in [-0.05, 0) is 24.3 Å². The van der Waals surface area contributed by atoms with Crippen LogP contribution in [-0.4, -0.2) is 30.4 Å². The van der Waals surface area contributed by atoms with E-state index in [0.717, 1.165) is 44.6 Å². The Labute approximate surface area is 127 Å². The number of carbonyl (C=O) groups is 1. The molecule has 0 bridgehead atoms. The third-order valence-corrected chi connectivity index (χ3v) is 4.81. The van der Waals surface area contributed by atoms with Crippen LogP contribution < -0.4 is 4.74 Å². The molecule has 3 rings (SSSR count). The second-order valence-electron chi connectivity index (χ2n) is 7.22. The molecular weight excluding hydrogens is 262 g/mol. The zero-order valence-corrected chi connectivity index (χ0v) is 13.1. The standard InChI is InChI=1S/C18H25NO2/c1-18(2)8-7-16(20)15(11-18)13-19-9-10-21-17-6-4-3-5-14(17)12-19/h3-6,15H,7-13H2,1-2H3. The first-order chi connectivity index (χ1) is 10.0. The fourth-order valence-corrected chi connectivity index (χ4v) is 3.56. The SMILES string of the molecule is CC1(C)CCC(=O)C(CN2CCOc3ccccc3C2)C1. The summed E-state index contributed by atoms with van der Waals surface area (Å²) in [5, 5.41) is 0. The maximum Gasteiger partial charge on any atom is 0.137 e. The molecule has 2 aliphatic rings. The summed E-state index contributed by atoms with van der Waals surface area (Å²) >= 11 is 0. The predicted octanol–water partition coefficient (Wildman–Crippen LogP) is 3.28. The van der Waals surface area contributed by atoms with Gasteiger partial charge in [-0.3, -0.25) is 9.69 Å². The van der Waals surface area contributed by atoms with Gasteiger partial charge in [-0.1, -0.05) is 32.0 Å². The average Bonchev–Trinajstić information content (AvgIpc) is 2.64. The molecule has 0 aromatic heterocycles. The van der Waals surface area contributed by atoms with E-state index in [9.17, 15) is 4.79 Å². The normalized spacial score (nSPS) is 25.8. The largest absolute Gasteiger partial charge is 0.492 e. The van der Waals surface area contributed by atoms with Crippen LogP contribution in [0.2, 0.25) is 0 Å². The van der Waals surface area contributed by atoms with E-state index in [-0.39, 0.29) is 5.92 Å². The first kappa shape index (κ1) is 14.6. The molecular formula is C18H25NO2. The van der Waals surface area contributed by atoms with Gasteiger partial charge in [0, 0.05) is 37.5 Å². The fraction of sp³-hybridized carbons (Fsp3) is 0.611. The number of rotatable bonds is 2. The Hall–Kier alpha value is -1.35. The number of para-hydroxylation sites is 1. The van der Waals surface area contributed by atoms with Crippen molar-refractivity contribution in [2.24, 2.45) is 11.3 Å². The fourth-order valence-electron chi connectivity index (χ4n) is 3.56. The van der Waals surface area contributed by atoms with E-state index < -0.39 is 0 Å². The van der Waals surface area contributed by atoms with Gasteiger partial charge in [0.25, 0.3) is 0 Å². The van der Waals surface area contributed by atoms with Crippen molar-refractivity contribution in [2.75, 3.05) is 19.7 Å². The maximum atomic E-state index is 12.2. The van der Waals surface area contributed by atoms with Gasteiger partial charge < -0.3 is 4.74 Å². The molecule has 1 aromatic rings. The Bertz CT molecular complexity index is 524. The van der Waals surface area contributed by atoms with E-state index in [4.69, 9.17) is 4.74 Å². The molecule has 1 aromatic carbocycles. The first-order valence-electron chi connectivity index (χ1n) is 7.99. The molecule has 0 amide bonds. The first-order valence-corrected chi connectivity index (χ1v) is 7.99. The van der Waals surface area contributed by atoms with Gasteiger partial charge in [-0.2, -0.15) is 0 Å². The van der Waals surface area contributed by atoms with E-state index in [1.807, 2.05) is 12.1 Å². The van der Waals surface area contributed by atoms with Gasteiger partial charge in [0.1, 0.15) is 18.1 Å². The summed E-state index contributed by atoms with van der Waals surface area (Å²) in [5.41, 5.74) is 1.54. The minimum absolute atomic E-state index is 0.194. The molecule has 1 aliphatic heterocycles. The summed E-state index contributed by atoms with van der Waals surface area (Å²) in [4.78, 5) is 14.6. The number of Topliss-reactive ketones (excluding diaryl/α,β-unsaturated/α-hetero) is 1. The lowest BCUT2D eigenvalue weighted by atomic mass is 9.71. The number of nitrogens with zero attached hydrogens (tertiary/aromatic N) is 1. The number of fused-ring (bicyclic) bond motifs is 1. The second kappa shape index (κ2) is 5.80. The van der Waals surface area contributed by atoms with Crippen molar-refractivity contribution in [3.05, 3.63) is 29.8 Å². The monoisotopic (exact) mass is 287 g/mol. The van der Waals surface area contributed by atoms with E-state index in [0.29, 0.717) is 17.8 Å². The minimum Gasteiger partial charge on any atom is -0.492 e. The van der Waals surface area contributed by atoms with Crippen LogP contribution in [0.5, 0.6) is 5.75 Å². The summed E-state index contributed by atoms with van der Waals surface area (Å²) in [6.45, 7) is 7.95. The molecule has 0 radical (unpaired) electrons. The molecule has 1 aliphatic carbocycles. The van der Waals surface area contributed by atoms with Gasteiger partial charge in [0.05, 0.1) is 0 Å². The van der Waals surface area contributed by atoms with Crippen LogP contribution in [-0.2, 0) is 11.3 Å². The van der Waals surface area contributed by atoms with Gasteiger partial charge in [-0.25, -0.2) is 0 Å². The van der Waals surface area contributed by atoms with Crippen molar-refractivity contribution in [2.45, 2.75) is 39.7 Å². The summed E-state index contributed by atoms with van der Waals surface area (Å²) in [5.74, 6) is 1.64. The Balaban J connectivity index is 1.69. The molecule has 1 saturated carbocycles. The number of hydrogen-bond acceptors (Lipinski definition) is 3. The molecule has 1 fully saturated rings. The summed E-state index contributed by atoms with van der Waals surface area (Å²) in [6, 6.07) is 8.23. The lowest BCUT2D eigenvalue weighted by molar-refractivity contribution is -0.127. The quantitative estimate of drug-likeness (QED) is 0.836. The lowest BCUT2D eigenvalue weighted by Crippen LogP contribution is -2.39. The van der Waals surface area contributed by atoms with Crippen molar-refractivity contribution in [1.29, 1.82) is 0 Å². The molecule has 1 heterocycles. The number of benzene rings is 1. The molecule has 3 heteroatoms. The van der Waals surface area contributed by atoms with Gasteiger partial charge in [0.15, 0.2) is 0 Å². The van der Waals surface area contributed by atoms with Crippen molar-refractivity contribution < 1.29 is 9.53 Å². The van der Waals surface area contributed by atoms with Crippen LogP contribution >= 0.6 is 0 Å². The van der Waals surface area contributed by atoms with Crippen molar-refractivity contribution in [3.63, 3.8) is 0 Å². The van der Waals surface area contributed by atoms with E-state index in [1.54, 1.807) is 0 Å². The summed E-state index contributed by atoms with van der Waals surface area (Å²) in [7, 11) is 0. The third-order valence-electron chi connectivity index (χ3n) is 4.81. The maximum absolute atomic E-state index is 12.2. The Morgan fingerprint density at radius 1 is 1.33 bits per heavy atom. The summed E-state index contributed by atoms with van der Waals surface area (Å²) < 4.78 is 5.81. The molecule has 1 atom stereocenters. The van der Waals surface area contributed by atoms with Crippen LogP contribution in [0.4, 0.5) is 0 Å². The molecule has 1 unspecified atom stereocenters. The van der Waals surface area contributed by atoms with Crippen molar-refractivity contribution >= 4 is 5.78 Å². The second-order valence-corrected chi connectivity index (χ2v) is 7.22. The highest BCUT2D eigenvalue weighted by molar-refractivity contribution is 5.82. The van der Waals surface area contributed by atoms with Crippen LogP contribution in [0.1, 0.15) is 38.7 Å². The van der Waals surface area contributed by atoms with Crippen LogP contribution in [0.15, 0.2) is 24.3 Å². The Morgan fingerprint density at radius 3 is 3.00 bits per heavy atom. The highest BCUT2D eigenvalue weighted by atomic mass is 16.5. The molecule has 3 nitrogen and oxygen atoms in total. The highest BCUT2D eigenvalue weighted by Gasteiger charge is 2.34. The van der Waals surface area contributed by atoms with E-state index >= 15 is 0 Å². The third kappa shape index (κ3) is 3.46. The molecule has 0 spiro atoms. The number of ketones is 1. The zero-order valence-electron chi connectivity index (χ0n) is 13.1. The van der Waals surface area contributed by atoms with E-state index in [2.05, 4.69) is 30.9 Å². The summed E-state index contributed by atoms with van der Waals surface area (Å²) in [6.07, 6.45) is 2.80. The highest BCUT2D eigenvalue weighted by Crippen LogP contribution is 2.37. The zero-order chi connectivity index (χ0) is 14.9. The van der Waals surface area contributed by atoms with E-state index in [1.165, 1.54) is 5.56 Å². The predicted molar refractivity (Wildman–Crippen MR) is 83.3 cm³/mol. The van der Waals surface area contributed by atoms with Crippen LogP contribution in [0, 0.1) is 11.3 Å². The molecule has 0 N–H and O–H groups in total. The van der Waals surface area contributed by atoms with Crippen LogP contribution in [0.3, 0.4) is 0 Å². The molecule has 0 saturated heterocycles. The van der Waals surface area contributed by atoms with Crippen LogP contribution in [0.25, 0.3) is 0 Å². The molecule has 114 valence electrons. The lowest BCUT2D eigenvalue weighted by Gasteiger charge is -2.36. The number of ether oxygens (including phenoxy) is 1. The Kier molecular flexibility index (Phi) is 4.03. The smallest absolute Gasteiger partial charge is 0.137 e. The number of carbonyl (C=O) groups excluding carboxylic acids is 1. The number of hydrogen-bond donors (Lipinski definition) is 0. The topological polar surface area (TPSA) is 29.5 Å². The van der Waals surface area contributed by atoms with Gasteiger partial charge in [-0.15, -0.1) is 0 Å². The minimum atomic E-state index is 0.194. The molecule has 21 heavy (non-hydrogen) atoms. The van der Waals surface area contributed by atoms with Gasteiger partial charge >= 0.3 is 0 Å². The van der Waals surface area contributed by atoms with Gasteiger partial charge in [0.2, 0.25) is 0 Å².